The smallest absolute Gasteiger partial charge is 0.321 e. The summed E-state index contributed by atoms with van der Waals surface area (Å²) in [6.07, 6.45) is 3.52. The number of anilines is 1. The number of nitrogens with zero attached hydrogens (tertiary/aromatic N) is 2. The average molecular weight is 404 g/mol. The Hall–Kier alpha value is -2.34. The fourth-order valence-corrected chi connectivity index (χ4v) is 3.15. The second-order valence-electron chi connectivity index (χ2n) is 5.79. The van der Waals surface area contributed by atoms with Crippen LogP contribution in [0.25, 0.3) is 6.08 Å². The van der Waals surface area contributed by atoms with Crippen LogP contribution in [0.2, 0.25) is 0 Å². The minimum Gasteiger partial charge on any atom is -0.368 e. The number of carbonyl (C=O) groups is 1. The molecule has 1 aliphatic heterocycles. The Morgan fingerprint density at radius 2 is 1.80 bits per heavy atom. The van der Waals surface area contributed by atoms with Gasteiger partial charge >= 0.3 is 6.03 Å². The molecule has 0 unspecified atom stereocenters. The summed E-state index contributed by atoms with van der Waals surface area (Å²) >= 11 is 3.42. The van der Waals surface area contributed by atoms with Crippen LogP contribution in [0.4, 0.5) is 14.9 Å². The minimum atomic E-state index is -0.237. The number of hydrogen-bond acceptors (Lipinski definition) is 2. The molecule has 2 aromatic rings. The zero-order chi connectivity index (χ0) is 17.6. The van der Waals surface area contributed by atoms with E-state index < -0.39 is 0 Å². The average Bonchev–Trinajstić information content (AvgIpc) is 2.62. The number of hydrogen-bond donors (Lipinski definition) is 1. The van der Waals surface area contributed by atoms with E-state index >= 15 is 0 Å². The Morgan fingerprint density at radius 1 is 1.08 bits per heavy atom. The van der Waals surface area contributed by atoms with Crippen LogP contribution >= 0.6 is 15.9 Å². The molecular weight excluding hydrogens is 385 g/mol. The zero-order valence-electron chi connectivity index (χ0n) is 13.7. The Labute approximate surface area is 155 Å². The summed E-state index contributed by atoms with van der Waals surface area (Å²) in [6.45, 7) is 2.73. The molecule has 1 N–H and O–H groups in total. The third-order valence-electron chi connectivity index (χ3n) is 4.09. The SMILES string of the molecule is O=C(N/C=C/c1cccc(Br)c1)N1CCN(c2ccc(F)cc2)CC1. The molecule has 0 aliphatic carbocycles. The first-order valence-electron chi connectivity index (χ1n) is 8.10. The highest BCUT2D eigenvalue weighted by molar-refractivity contribution is 9.10. The highest BCUT2D eigenvalue weighted by Gasteiger charge is 2.20. The molecule has 0 spiro atoms. The van der Waals surface area contributed by atoms with Gasteiger partial charge in [0.05, 0.1) is 0 Å². The van der Waals surface area contributed by atoms with Crippen LogP contribution in [0.3, 0.4) is 0 Å². The Morgan fingerprint density at radius 3 is 2.48 bits per heavy atom. The number of nitrogens with one attached hydrogen (secondary N) is 1. The second-order valence-corrected chi connectivity index (χ2v) is 6.70. The summed E-state index contributed by atoms with van der Waals surface area (Å²) in [5.74, 6) is -0.237. The third-order valence-corrected chi connectivity index (χ3v) is 4.58. The standard InChI is InChI=1S/C19H19BrFN3O/c20-16-3-1-2-15(14-16)8-9-22-19(25)24-12-10-23(11-13-24)18-6-4-17(21)5-7-18/h1-9,14H,10-13H2,(H,22,25)/b9-8+. The fraction of sp³-hybridized carbons (Fsp3) is 0.211. The lowest BCUT2D eigenvalue weighted by Crippen LogP contribution is -2.51. The molecule has 0 aromatic heterocycles. The van der Waals surface area contributed by atoms with E-state index in [1.54, 1.807) is 23.2 Å². The summed E-state index contributed by atoms with van der Waals surface area (Å²) in [7, 11) is 0. The highest BCUT2D eigenvalue weighted by atomic mass is 79.9. The summed E-state index contributed by atoms with van der Waals surface area (Å²) in [5.41, 5.74) is 1.99. The van der Waals surface area contributed by atoms with Crippen molar-refractivity contribution in [2.45, 2.75) is 0 Å². The number of halogens is 2. The largest absolute Gasteiger partial charge is 0.368 e. The lowest BCUT2D eigenvalue weighted by Gasteiger charge is -2.35. The highest BCUT2D eigenvalue weighted by Crippen LogP contribution is 2.17. The Kier molecular flexibility index (Phi) is 5.71. The van der Waals surface area contributed by atoms with Gasteiger partial charge in [0.1, 0.15) is 5.82 Å². The molecule has 3 rings (SSSR count). The maximum Gasteiger partial charge on any atom is 0.321 e. The van der Waals surface area contributed by atoms with E-state index in [2.05, 4.69) is 26.1 Å². The lowest BCUT2D eigenvalue weighted by molar-refractivity contribution is 0.198. The van der Waals surface area contributed by atoms with Gasteiger partial charge in [-0.25, -0.2) is 9.18 Å². The van der Waals surface area contributed by atoms with Crippen LogP contribution in [0.1, 0.15) is 5.56 Å². The van der Waals surface area contributed by atoms with Gasteiger partial charge in [0.15, 0.2) is 0 Å². The number of amides is 2. The minimum absolute atomic E-state index is 0.106. The van der Waals surface area contributed by atoms with E-state index in [0.717, 1.165) is 28.8 Å². The van der Waals surface area contributed by atoms with Gasteiger partial charge < -0.3 is 15.1 Å². The number of benzene rings is 2. The Bertz CT molecular complexity index is 756. The van der Waals surface area contributed by atoms with Crippen molar-refractivity contribution in [1.82, 2.24) is 10.2 Å². The predicted molar refractivity (Wildman–Crippen MR) is 102 cm³/mol. The van der Waals surface area contributed by atoms with Gasteiger partial charge in [-0.05, 0) is 48.0 Å². The molecule has 0 radical (unpaired) electrons. The molecule has 0 bridgehead atoms. The van der Waals surface area contributed by atoms with Crippen molar-refractivity contribution >= 4 is 33.7 Å². The molecule has 130 valence electrons. The summed E-state index contributed by atoms with van der Waals surface area (Å²) in [5, 5.41) is 2.81. The van der Waals surface area contributed by atoms with Gasteiger partial charge in [-0.1, -0.05) is 28.1 Å². The molecule has 4 nitrogen and oxygen atoms in total. The molecule has 1 heterocycles. The molecule has 1 fully saturated rings. The van der Waals surface area contributed by atoms with Gasteiger partial charge in [0.25, 0.3) is 0 Å². The van der Waals surface area contributed by atoms with E-state index in [4.69, 9.17) is 0 Å². The van der Waals surface area contributed by atoms with E-state index in [1.165, 1.54) is 12.1 Å². The van der Waals surface area contributed by atoms with E-state index in [-0.39, 0.29) is 11.8 Å². The van der Waals surface area contributed by atoms with Crippen molar-refractivity contribution in [3.05, 3.63) is 70.6 Å². The molecule has 0 saturated carbocycles. The van der Waals surface area contributed by atoms with Crippen molar-refractivity contribution in [3.63, 3.8) is 0 Å². The van der Waals surface area contributed by atoms with Gasteiger partial charge in [0, 0.05) is 42.5 Å². The first-order valence-corrected chi connectivity index (χ1v) is 8.89. The molecule has 2 aromatic carbocycles. The van der Waals surface area contributed by atoms with Gasteiger partial charge in [-0.2, -0.15) is 0 Å². The second kappa shape index (κ2) is 8.16. The predicted octanol–water partition coefficient (Wildman–Crippen LogP) is 4.09. The molecule has 2 amide bonds. The third kappa shape index (κ3) is 4.82. The van der Waals surface area contributed by atoms with E-state index in [0.29, 0.717) is 13.1 Å². The number of urea groups is 1. The van der Waals surface area contributed by atoms with Gasteiger partial charge in [0.2, 0.25) is 0 Å². The maximum absolute atomic E-state index is 13.0. The topological polar surface area (TPSA) is 35.6 Å². The number of piperazine rings is 1. The molecule has 0 atom stereocenters. The first kappa shape index (κ1) is 17.5. The van der Waals surface area contributed by atoms with Crippen LogP contribution in [0.5, 0.6) is 0 Å². The molecule has 25 heavy (non-hydrogen) atoms. The number of carbonyl (C=O) groups excluding carboxylic acids is 1. The van der Waals surface area contributed by atoms with Crippen molar-refractivity contribution in [2.75, 3.05) is 31.1 Å². The zero-order valence-corrected chi connectivity index (χ0v) is 15.2. The van der Waals surface area contributed by atoms with Crippen molar-refractivity contribution < 1.29 is 9.18 Å². The molecular formula is C19H19BrFN3O. The fourth-order valence-electron chi connectivity index (χ4n) is 2.73. The van der Waals surface area contributed by atoms with Crippen molar-refractivity contribution in [2.24, 2.45) is 0 Å². The maximum atomic E-state index is 13.0. The van der Waals surface area contributed by atoms with Gasteiger partial charge in [-0.15, -0.1) is 0 Å². The molecule has 1 aliphatic rings. The summed E-state index contributed by atoms with van der Waals surface area (Å²) in [6, 6.07) is 14.2. The van der Waals surface area contributed by atoms with Crippen molar-refractivity contribution in [3.8, 4) is 0 Å². The van der Waals surface area contributed by atoms with Crippen LogP contribution < -0.4 is 10.2 Å². The molecule has 1 saturated heterocycles. The van der Waals surface area contributed by atoms with Crippen molar-refractivity contribution in [1.29, 1.82) is 0 Å². The quantitative estimate of drug-likeness (QED) is 0.837. The summed E-state index contributed by atoms with van der Waals surface area (Å²) in [4.78, 5) is 16.2. The van der Waals surface area contributed by atoms with Crippen LogP contribution in [0.15, 0.2) is 59.2 Å². The van der Waals surface area contributed by atoms with Crippen LogP contribution in [0, 0.1) is 5.82 Å². The monoisotopic (exact) mass is 403 g/mol. The van der Waals surface area contributed by atoms with E-state index in [9.17, 15) is 9.18 Å². The summed E-state index contributed by atoms with van der Waals surface area (Å²) < 4.78 is 14.0. The van der Waals surface area contributed by atoms with Gasteiger partial charge in [-0.3, -0.25) is 0 Å². The Balaban J connectivity index is 1.49. The normalized spacial score (nSPS) is 14.8. The van der Waals surface area contributed by atoms with Crippen LogP contribution in [-0.2, 0) is 0 Å². The first-order chi connectivity index (χ1) is 12.1. The lowest BCUT2D eigenvalue weighted by atomic mass is 10.2. The molecule has 6 heteroatoms. The number of rotatable bonds is 3. The van der Waals surface area contributed by atoms with E-state index in [1.807, 2.05) is 30.3 Å². The van der Waals surface area contributed by atoms with Crippen LogP contribution in [-0.4, -0.2) is 37.1 Å².